The van der Waals surface area contributed by atoms with Crippen LogP contribution in [0, 0.1) is 0 Å². The van der Waals surface area contributed by atoms with Gasteiger partial charge in [0.2, 0.25) is 0 Å². The van der Waals surface area contributed by atoms with Crippen LogP contribution in [0.1, 0.15) is 19.8 Å². The number of rotatable bonds is 4. The highest BCUT2D eigenvalue weighted by Gasteiger charge is 2.21. The Morgan fingerprint density at radius 1 is 1.43 bits per heavy atom. The van der Waals surface area contributed by atoms with Crippen molar-refractivity contribution in [2.75, 3.05) is 30.7 Å². The number of nitrogens with one attached hydrogen (secondary N) is 1. The molecule has 0 aliphatic carbocycles. The average molecular weight is 303 g/mol. The summed E-state index contributed by atoms with van der Waals surface area (Å²) >= 11 is 1.44. The quantitative estimate of drug-likeness (QED) is 0.909. The number of anilines is 2. The number of nitrogen functional groups attached to an aromatic ring is 1. The fourth-order valence-corrected chi connectivity index (χ4v) is 3.58. The number of nitrogens with two attached hydrogens (primary N) is 1. The van der Waals surface area contributed by atoms with Crippen LogP contribution in [0.4, 0.5) is 10.8 Å². The highest BCUT2D eigenvalue weighted by Crippen LogP contribution is 2.37. The Kier molecular flexibility index (Phi) is 4.36. The molecule has 0 atom stereocenters. The number of likely N-dealkylation sites (tertiary alicyclic amines) is 1. The summed E-state index contributed by atoms with van der Waals surface area (Å²) in [5.74, 6) is 0.585. The van der Waals surface area contributed by atoms with Gasteiger partial charge in [0.15, 0.2) is 0 Å². The fourth-order valence-electron chi connectivity index (χ4n) is 2.77. The molecule has 3 heterocycles. The van der Waals surface area contributed by atoms with E-state index in [1.807, 2.05) is 18.3 Å². The van der Waals surface area contributed by atoms with E-state index in [0.717, 1.165) is 48.6 Å². The SMILES string of the molecule is CCN1CCC(Nc2snc(N)c2-c2cccnc2)CC1. The van der Waals surface area contributed by atoms with Gasteiger partial charge in [-0.25, -0.2) is 0 Å². The van der Waals surface area contributed by atoms with Crippen molar-refractivity contribution >= 4 is 22.4 Å². The van der Waals surface area contributed by atoms with Crippen molar-refractivity contribution in [3.63, 3.8) is 0 Å². The van der Waals surface area contributed by atoms with Gasteiger partial charge in [-0.15, -0.1) is 0 Å². The topological polar surface area (TPSA) is 67.1 Å². The molecule has 6 heteroatoms. The van der Waals surface area contributed by atoms with E-state index >= 15 is 0 Å². The lowest BCUT2D eigenvalue weighted by molar-refractivity contribution is 0.230. The van der Waals surface area contributed by atoms with E-state index in [9.17, 15) is 0 Å². The Labute approximate surface area is 129 Å². The molecular formula is C15H21N5S. The van der Waals surface area contributed by atoms with Crippen molar-refractivity contribution in [3.05, 3.63) is 24.5 Å². The maximum absolute atomic E-state index is 6.05. The lowest BCUT2D eigenvalue weighted by Crippen LogP contribution is -2.38. The molecule has 112 valence electrons. The monoisotopic (exact) mass is 303 g/mol. The summed E-state index contributed by atoms with van der Waals surface area (Å²) in [6, 6.07) is 4.46. The van der Waals surface area contributed by atoms with Crippen molar-refractivity contribution in [2.24, 2.45) is 0 Å². The lowest BCUT2D eigenvalue weighted by atomic mass is 10.0. The number of hydrogen-bond donors (Lipinski definition) is 2. The third kappa shape index (κ3) is 3.16. The largest absolute Gasteiger partial charge is 0.382 e. The molecule has 0 saturated carbocycles. The number of hydrogen-bond acceptors (Lipinski definition) is 6. The molecule has 2 aromatic rings. The first-order valence-corrected chi connectivity index (χ1v) is 8.19. The summed E-state index contributed by atoms with van der Waals surface area (Å²) in [4.78, 5) is 6.66. The van der Waals surface area contributed by atoms with Gasteiger partial charge in [-0.3, -0.25) is 4.98 Å². The van der Waals surface area contributed by atoms with E-state index in [1.54, 1.807) is 6.20 Å². The standard InChI is InChI=1S/C15H21N5S/c1-2-20-8-5-12(6-9-20)18-15-13(14(16)19-21-15)11-4-3-7-17-10-11/h3-4,7,10,12,18H,2,5-6,8-9H2,1H3,(H2,16,19). The number of nitrogens with zero attached hydrogens (tertiary/aromatic N) is 3. The van der Waals surface area contributed by atoms with Gasteiger partial charge in [-0.2, -0.15) is 4.37 Å². The second kappa shape index (κ2) is 6.41. The van der Waals surface area contributed by atoms with Crippen LogP contribution in [0.3, 0.4) is 0 Å². The van der Waals surface area contributed by atoms with Gasteiger partial charge >= 0.3 is 0 Å². The van der Waals surface area contributed by atoms with Crippen molar-refractivity contribution < 1.29 is 0 Å². The Bertz CT molecular complexity index is 575. The van der Waals surface area contributed by atoms with E-state index in [-0.39, 0.29) is 0 Å². The molecule has 0 unspecified atom stereocenters. The molecule has 5 nitrogen and oxygen atoms in total. The highest BCUT2D eigenvalue weighted by atomic mass is 32.1. The summed E-state index contributed by atoms with van der Waals surface area (Å²) in [7, 11) is 0. The zero-order valence-electron chi connectivity index (χ0n) is 12.2. The molecule has 2 aromatic heterocycles. The van der Waals surface area contributed by atoms with Gasteiger partial charge in [-0.05, 0) is 37.0 Å². The Balaban J connectivity index is 1.75. The van der Waals surface area contributed by atoms with E-state index in [1.165, 1.54) is 11.5 Å². The van der Waals surface area contributed by atoms with Crippen molar-refractivity contribution in [1.82, 2.24) is 14.3 Å². The van der Waals surface area contributed by atoms with Crippen LogP contribution in [-0.4, -0.2) is 39.9 Å². The minimum atomic E-state index is 0.503. The predicted molar refractivity (Wildman–Crippen MR) is 88.5 cm³/mol. The molecule has 1 aliphatic heterocycles. The third-order valence-corrected chi connectivity index (χ3v) is 4.83. The molecule has 0 bridgehead atoms. The van der Waals surface area contributed by atoms with Crippen LogP contribution < -0.4 is 11.1 Å². The third-order valence-electron chi connectivity index (χ3n) is 4.04. The summed E-state index contributed by atoms with van der Waals surface area (Å²) in [5, 5.41) is 4.70. The van der Waals surface area contributed by atoms with Crippen LogP contribution in [0.5, 0.6) is 0 Å². The summed E-state index contributed by atoms with van der Waals surface area (Å²) in [6.07, 6.45) is 5.94. The van der Waals surface area contributed by atoms with Gasteiger partial charge in [0.25, 0.3) is 0 Å². The molecular weight excluding hydrogens is 282 g/mol. The molecule has 0 amide bonds. The smallest absolute Gasteiger partial charge is 0.147 e. The summed E-state index contributed by atoms with van der Waals surface area (Å²) in [5.41, 5.74) is 8.06. The molecule has 1 fully saturated rings. The van der Waals surface area contributed by atoms with E-state index < -0.39 is 0 Å². The average Bonchev–Trinajstić information content (AvgIpc) is 2.89. The van der Waals surface area contributed by atoms with E-state index in [2.05, 4.69) is 26.5 Å². The van der Waals surface area contributed by atoms with Crippen LogP contribution in [0.15, 0.2) is 24.5 Å². The molecule has 3 rings (SSSR count). The normalized spacial score (nSPS) is 17.0. The molecule has 0 spiro atoms. The second-order valence-electron chi connectivity index (χ2n) is 5.37. The maximum atomic E-state index is 6.05. The zero-order chi connectivity index (χ0) is 14.7. The van der Waals surface area contributed by atoms with Gasteiger partial charge in [0, 0.05) is 37.1 Å². The Morgan fingerprint density at radius 2 is 2.24 bits per heavy atom. The van der Waals surface area contributed by atoms with Crippen LogP contribution in [0.2, 0.25) is 0 Å². The molecule has 0 aromatic carbocycles. The van der Waals surface area contributed by atoms with E-state index in [0.29, 0.717) is 11.9 Å². The first kappa shape index (κ1) is 14.3. The number of piperidine rings is 1. The van der Waals surface area contributed by atoms with Crippen molar-refractivity contribution in [3.8, 4) is 11.1 Å². The molecule has 1 saturated heterocycles. The molecule has 21 heavy (non-hydrogen) atoms. The molecule has 3 N–H and O–H groups in total. The van der Waals surface area contributed by atoms with Crippen LogP contribution in [0.25, 0.3) is 11.1 Å². The lowest BCUT2D eigenvalue weighted by Gasteiger charge is -2.31. The van der Waals surface area contributed by atoms with Gasteiger partial charge in [0.05, 0.1) is 5.56 Å². The van der Waals surface area contributed by atoms with Crippen LogP contribution in [-0.2, 0) is 0 Å². The molecule has 0 radical (unpaired) electrons. The minimum Gasteiger partial charge on any atom is -0.382 e. The van der Waals surface area contributed by atoms with Crippen molar-refractivity contribution in [2.45, 2.75) is 25.8 Å². The predicted octanol–water partition coefficient (Wildman–Crippen LogP) is 2.68. The number of pyridine rings is 1. The summed E-state index contributed by atoms with van der Waals surface area (Å²) < 4.78 is 4.31. The Morgan fingerprint density at radius 3 is 2.90 bits per heavy atom. The van der Waals surface area contributed by atoms with Gasteiger partial charge in [0.1, 0.15) is 10.8 Å². The van der Waals surface area contributed by atoms with Gasteiger partial charge < -0.3 is 16.0 Å². The van der Waals surface area contributed by atoms with Crippen molar-refractivity contribution in [1.29, 1.82) is 0 Å². The summed E-state index contributed by atoms with van der Waals surface area (Å²) in [6.45, 7) is 5.68. The first-order valence-electron chi connectivity index (χ1n) is 7.42. The van der Waals surface area contributed by atoms with Crippen LogP contribution >= 0.6 is 11.5 Å². The first-order chi connectivity index (χ1) is 10.3. The van der Waals surface area contributed by atoms with Gasteiger partial charge in [-0.1, -0.05) is 13.0 Å². The minimum absolute atomic E-state index is 0.503. The number of aromatic nitrogens is 2. The highest BCUT2D eigenvalue weighted by molar-refractivity contribution is 7.11. The zero-order valence-corrected chi connectivity index (χ0v) is 13.1. The maximum Gasteiger partial charge on any atom is 0.147 e. The molecule has 1 aliphatic rings. The van der Waals surface area contributed by atoms with E-state index in [4.69, 9.17) is 5.73 Å². The second-order valence-corrected chi connectivity index (χ2v) is 6.14. The Hall–Kier alpha value is -1.66. The fraction of sp³-hybridized carbons (Fsp3) is 0.467.